The molecule has 2 rings (SSSR count). The molecule has 0 saturated heterocycles. The van der Waals surface area contributed by atoms with Gasteiger partial charge in [-0.1, -0.05) is 12.1 Å². The Morgan fingerprint density at radius 2 is 1.75 bits per heavy atom. The number of benzene rings is 2. The van der Waals surface area contributed by atoms with E-state index < -0.39 is 15.8 Å². The lowest BCUT2D eigenvalue weighted by molar-refractivity contribution is 0.0446. The fraction of sp³-hybridized carbons (Fsp3) is 0.176. The molecule has 24 heavy (non-hydrogen) atoms. The van der Waals surface area contributed by atoms with Crippen LogP contribution in [0.2, 0.25) is 0 Å². The van der Waals surface area contributed by atoms with Gasteiger partial charge in [0.25, 0.3) is 0 Å². The van der Waals surface area contributed by atoms with Gasteiger partial charge >= 0.3 is 5.97 Å². The maximum Gasteiger partial charge on any atom is 0.339 e. The number of hydrogen-bond acceptors (Lipinski definition) is 6. The van der Waals surface area contributed by atoms with Crippen LogP contribution in [0.25, 0.3) is 0 Å². The van der Waals surface area contributed by atoms with Crippen molar-refractivity contribution in [2.75, 3.05) is 19.5 Å². The number of hydrogen-bond donors (Lipinski definition) is 0. The third-order valence-electron chi connectivity index (χ3n) is 3.08. The molecule has 0 fully saturated rings. The number of nitriles is 1. The highest BCUT2D eigenvalue weighted by atomic mass is 32.2. The fourth-order valence-corrected chi connectivity index (χ4v) is 2.83. The molecule has 0 atom stereocenters. The average Bonchev–Trinajstić information content (AvgIpc) is 2.58. The van der Waals surface area contributed by atoms with Crippen LogP contribution in [0.5, 0.6) is 5.75 Å². The van der Waals surface area contributed by atoms with Gasteiger partial charge in [-0.15, -0.1) is 0 Å². The van der Waals surface area contributed by atoms with Crippen LogP contribution in [0.1, 0.15) is 15.9 Å². The van der Waals surface area contributed by atoms with Gasteiger partial charge in [0.05, 0.1) is 22.1 Å². The zero-order valence-electron chi connectivity index (χ0n) is 12.9. The highest BCUT2D eigenvalue weighted by Crippen LogP contribution is 2.16. The van der Waals surface area contributed by atoms with Gasteiger partial charge in [0.15, 0.2) is 9.84 Å². The van der Waals surface area contributed by atoms with E-state index in [4.69, 9.17) is 14.7 Å². The summed E-state index contributed by atoms with van der Waals surface area (Å²) in [4.78, 5) is 12.0. The van der Waals surface area contributed by atoms with E-state index in [9.17, 15) is 13.2 Å². The first-order valence-corrected chi connectivity index (χ1v) is 8.90. The zero-order chi connectivity index (χ0) is 17.6. The third kappa shape index (κ3) is 4.57. The summed E-state index contributed by atoms with van der Waals surface area (Å²) in [5.41, 5.74) is 0.518. The topological polar surface area (TPSA) is 93.5 Å². The molecule has 0 aliphatic rings. The predicted octanol–water partition coefficient (Wildman–Crippen LogP) is 2.20. The number of esters is 1. The molecule has 0 heterocycles. The Kier molecular flexibility index (Phi) is 5.55. The molecule has 0 aromatic heterocycles. The lowest BCUT2D eigenvalue weighted by Crippen LogP contribution is -2.15. The number of carbonyl (C=O) groups is 1. The summed E-state index contributed by atoms with van der Waals surface area (Å²) < 4.78 is 33.8. The van der Waals surface area contributed by atoms with Crippen LogP contribution in [0.15, 0.2) is 53.4 Å². The van der Waals surface area contributed by atoms with Gasteiger partial charge in [0.2, 0.25) is 0 Å². The van der Waals surface area contributed by atoms with Crippen molar-refractivity contribution in [2.24, 2.45) is 0 Å². The minimum atomic E-state index is -3.52. The van der Waals surface area contributed by atoms with Gasteiger partial charge in [-0.2, -0.15) is 5.26 Å². The van der Waals surface area contributed by atoms with E-state index in [0.29, 0.717) is 11.3 Å². The van der Waals surface area contributed by atoms with Gasteiger partial charge in [-0.25, -0.2) is 13.2 Å². The van der Waals surface area contributed by atoms with Crippen molar-refractivity contribution in [3.05, 3.63) is 59.7 Å². The van der Waals surface area contributed by atoms with Gasteiger partial charge in [0.1, 0.15) is 19.0 Å². The molecule has 0 spiro atoms. The number of carbonyl (C=O) groups excluding carboxylic acids is 1. The molecule has 7 heteroatoms. The summed E-state index contributed by atoms with van der Waals surface area (Å²) in [6.45, 7) is 0.0790. The first kappa shape index (κ1) is 17.5. The van der Waals surface area contributed by atoms with E-state index in [-0.39, 0.29) is 23.7 Å². The second-order valence-electron chi connectivity index (χ2n) is 4.89. The third-order valence-corrected chi connectivity index (χ3v) is 4.23. The Labute approximate surface area is 140 Å². The van der Waals surface area contributed by atoms with Gasteiger partial charge in [-0.05, 0) is 36.4 Å². The van der Waals surface area contributed by atoms with E-state index in [1.54, 1.807) is 36.4 Å². The lowest BCUT2D eigenvalue weighted by Gasteiger charge is -2.09. The molecule has 0 bridgehead atoms. The van der Waals surface area contributed by atoms with Crippen LogP contribution < -0.4 is 4.74 Å². The number of nitrogens with zero attached hydrogens (tertiary/aromatic N) is 1. The minimum absolute atomic E-state index is 0.00151. The molecular weight excluding hydrogens is 330 g/mol. The van der Waals surface area contributed by atoms with Crippen molar-refractivity contribution >= 4 is 15.8 Å². The van der Waals surface area contributed by atoms with Crippen molar-refractivity contribution in [1.82, 2.24) is 0 Å². The highest BCUT2D eigenvalue weighted by Gasteiger charge is 2.19. The van der Waals surface area contributed by atoms with Crippen LogP contribution in [0.3, 0.4) is 0 Å². The summed E-state index contributed by atoms with van der Waals surface area (Å²) in [6, 6.07) is 14.4. The SMILES string of the molecule is CS(=O)(=O)c1ccccc1C(=O)OCCOc1ccc(C#N)cc1. The maximum absolute atomic E-state index is 12.0. The summed E-state index contributed by atoms with van der Waals surface area (Å²) in [5.74, 6) is -0.180. The molecule has 2 aromatic carbocycles. The summed E-state index contributed by atoms with van der Waals surface area (Å²) in [6.07, 6.45) is 1.03. The fourth-order valence-electron chi connectivity index (χ4n) is 1.96. The van der Waals surface area contributed by atoms with Gasteiger partial charge in [-0.3, -0.25) is 0 Å². The Hall–Kier alpha value is -2.85. The van der Waals surface area contributed by atoms with E-state index in [1.165, 1.54) is 12.1 Å². The second kappa shape index (κ2) is 7.62. The molecule has 0 saturated carbocycles. The number of sulfone groups is 1. The normalized spacial score (nSPS) is 10.7. The lowest BCUT2D eigenvalue weighted by atomic mass is 10.2. The Morgan fingerprint density at radius 3 is 2.38 bits per heavy atom. The van der Waals surface area contributed by atoms with Crippen LogP contribution in [0.4, 0.5) is 0 Å². The van der Waals surface area contributed by atoms with Gasteiger partial charge in [0, 0.05) is 6.26 Å². The van der Waals surface area contributed by atoms with E-state index in [2.05, 4.69) is 0 Å². The summed E-state index contributed by atoms with van der Waals surface area (Å²) in [7, 11) is -3.52. The molecule has 6 nitrogen and oxygen atoms in total. The number of ether oxygens (including phenoxy) is 2. The van der Waals surface area contributed by atoms with Crippen molar-refractivity contribution in [3.8, 4) is 11.8 Å². The van der Waals surface area contributed by atoms with Crippen LogP contribution in [-0.2, 0) is 14.6 Å². The quantitative estimate of drug-likeness (QED) is 0.588. The first-order valence-electron chi connectivity index (χ1n) is 7.01. The monoisotopic (exact) mass is 345 g/mol. The molecule has 2 aromatic rings. The van der Waals surface area contributed by atoms with Crippen molar-refractivity contribution in [2.45, 2.75) is 4.90 Å². The largest absolute Gasteiger partial charge is 0.490 e. The second-order valence-corrected chi connectivity index (χ2v) is 6.87. The van der Waals surface area contributed by atoms with E-state index in [0.717, 1.165) is 6.26 Å². The van der Waals surface area contributed by atoms with E-state index >= 15 is 0 Å². The summed E-state index contributed by atoms with van der Waals surface area (Å²) >= 11 is 0. The standard InChI is InChI=1S/C17H15NO5S/c1-24(20,21)16-5-3-2-4-15(16)17(19)23-11-10-22-14-8-6-13(12-18)7-9-14/h2-9H,10-11H2,1H3. The first-order chi connectivity index (χ1) is 11.4. The van der Waals surface area contributed by atoms with Crippen LogP contribution in [0, 0.1) is 11.3 Å². The Bertz CT molecular complexity index is 867. The van der Waals surface area contributed by atoms with Gasteiger partial charge < -0.3 is 9.47 Å². The van der Waals surface area contributed by atoms with Crippen LogP contribution in [-0.4, -0.2) is 33.9 Å². The highest BCUT2D eigenvalue weighted by molar-refractivity contribution is 7.90. The number of rotatable bonds is 6. The molecule has 0 radical (unpaired) electrons. The Balaban J connectivity index is 1.91. The molecule has 0 unspecified atom stereocenters. The minimum Gasteiger partial charge on any atom is -0.490 e. The molecule has 0 amide bonds. The van der Waals surface area contributed by atoms with Crippen LogP contribution >= 0.6 is 0 Å². The van der Waals surface area contributed by atoms with Crippen molar-refractivity contribution < 1.29 is 22.7 Å². The molecular formula is C17H15NO5S. The molecule has 0 aliphatic heterocycles. The Morgan fingerprint density at radius 1 is 1.08 bits per heavy atom. The molecule has 0 aliphatic carbocycles. The summed E-state index contributed by atoms with van der Waals surface area (Å²) in [5, 5.41) is 8.70. The smallest absolute Gasteiger partial charge is 0.339 e. The average molecular weight is 345 g/mol. The molecule has 124 valence electrons. The van der Waals surface area contributed by atoms with E-state index in [1.807, 2.05) is 6.07 Å². The van der Waals surface area contributed by atoms with Crippen molar-refractivity contribution in [1.29, 1.82) is 5.26 Å². The molecule has 0 N–H and O–H groups in total. The maximum atomic E-state index is 12.0. The predicted molar refractivity (Wildman–Crippen MR) is 86.5 cm³/mol. The van der Waals surface area contributed by atoms with Crippen molar-refractivity contribution in [3.63, 3.8) is 0 Å². The zero-order valence-corrected chi connectivity index (χ0v) is 13.7.